The summed E-state index contributed by atoms with van der Waals surface area (Å²) in [4.78, 5) is 11.1. The van der Waals surface area contributed by atoms with E-state index in [2.05, 4.69) is 43.4 Å². The molecule has 1 aliphatic carbocycles. The zero-order valence-electron chi connectivity index (χ0n) is 12.4. The molecule has 3 unspecified atom stereocenters. The summed E-state index contributed by atoms with van der Waals surface area (Å²) in [6, 6.07) is 8.87. The highest BCUT2D eigenvalue weighted by Crippen LogP contribution is 2.27. The lowest BCUT2D eigenvalue weighted by Crippen LogP contribution is -2.30. The van der Waals surface area contributed by atoms with Crippen LogP contribution in [0.15, 0.2) is 24.3 Å². The number of nitrogens with one attached hydrogen (secondary N) is 1. The first-order valence-electron chi connectivity index (χ1n) is 7.69. The third-order valence-electron chi connectivity index (χ3n) is 4.49. The molecule has 0 aromatic heterocycles. The largest absolute Gasteiger partial charge is 0.481 e. The van der Waals surface area contributed by atoms with E-state index in [1.807, 2.05) is 0 Å². The average molecular weight is 275 g/mol. The van der Waals surface area contributed by atoms with Gasteiger partial charge in [0.25, 0.3) is 0 Å². The summed E-state index contributed by atoms with van der Waals surface area (Å²) in [5, 5.41) is 12.6. The molecule has 0 spiro atoms. The van der Waals surface area contributed by atoms with Crippen molar-refractivity contribution in [3.8, 4) is 0 Å². The van der Waals surface area contributed by atoms with E-state index >= 15 is 0 Å². The topological polar surface area (TPSA) is 49.3 Å². The van der Waals surface area contributed by atoms with Crippen molar-refractivity contribution < 1.29 is 9.90 Å². The monoisotopic (exact) mass is 275 g/mol. The molecule has 1 aromatic carbocycles. The molecule has 2 N–H and O–H groups in total. The summed E-state index contributed by atoms with van der Waals surface area (Å²) in [5.74, 6) is -0.237. The molecule has 1 fully saturated rings. The fourth-order valence-corrected chi connectivity index (χ4v) is 2.92. The summed E-state index contributed by atoms with van der Waals surface area (Å²) in [5.41, 5.74) is 2.47. The van der Waals surface area contributed by atoms with Gasteiger partial charge in [0.1, 0.15) is 0 Å². The summed E-state index contributed by atoms with van der Waals surface area (Å²) in [6.45, 7) is 4.44. The Hall–Kier alpha value is -1.51. The van der Waals surface area contributed by atoms with Crippen LogP contribution >= 0.6 is 0 Å². The SMILES string of the molecule is CCC(C)c1ccc(NC2CCCC(C(=O)O)C2)cc1. The molecule has 20 heavy (non-hydrogen) atoms. The third kappa shape index (κ3) is 3.75. The summed E-state index contributed by atoms with van der Waals surface area (Å²) < 4.78 is 0. The minimum Gasteiger partial charge on any atom is -0.481 e. The zero-order chi connectivity index (χ0) is 14.5. The van der Waals surface area contributed by atoms with Crippen molar-refractivity contribution in [1.82, 2.24) is 0 Å². The Balaban J connectivity index is 1.94. The van der Waals surface area contributed by atoms with E-state index in [-0.39, 0.29) is 5.92 Å². The molecule has 3 nitrogen and oxygen atoms in total. The highest BCUT2D eigenvalue weighted by molar-refractivity contribution is 5.70. The van der Waals surface area contributed by atoms with Gasteiger partial charge in [-0.15, -0.1) is 0 Å². The van der Waals surface area contributed by atoms with Crippen LogP contribution in [0.3, 0.4) is 0 Å². The van der Waals surface area contributed by atoms with Crippen molar-refractivity contribution >= 4 is 11.7 Å². The summed E-state index contributed by atoms with van der Waals surface area (Å²) in [7, 11) is 0. The van der Waals surface area contributed by atoms with E-state index in [0.717, 1.165) is 37.8 Å². The minimum atomic E-state index is -0.649. The van der Waals surface area contributed by atoms with Crippen LogP contribution in [0, 0.1) is 5.92 Å². The van der Waals surface area contributed by atoms with E-state index < -0.39 is 5.97 Å². The fourth-order valence-electron chi connectivity index (χ4n) is 2.92. The average Bonchev–Trinajstić information content (AvgIpc) is 2.47. The Morgan fingerprint density at radius 1 is 1.35 bits per heavy atom. The van der Waals surface area contributed by atoms with Gasteiger partial charge < -0.3 is 10.4 Å². The summed E-state index contributed by atoms with van der Waals surface area (Å²) >= 11 is 0. The second-order valence-corrected chi connectivity index (χ2v) is 5.97. The first kappa shape index (κ1) is 14.9. The number of carboxylic acid groups (broad SMARTS) is 1. The molecule has 3 heteroatoms. The molecule has 3 atom stereocenters. The molecular formula is C17H25NO2. The van der Waals surface area contributed by atoms with Gasteiger partial charge in [0.05, 0.1) is 5.92 Å². The standard InChI is InChI=1S/C17H25NO2/c1-3-12(2)13-7-9-15(10-8-13)18-16-6-4-5-14(11-16)17(19)20/h7-10,12,14,16,18H,3-6,11H2,1-2H3,(H,19,20). The van der Waals surface area contributed by atoms with Gasteiger partial charge in [0, 0.05) is 11.7 Å². The van der Waals surface area contributed by atoms with Gasteiger partial charge >= 0.3 is 5.97 Å². The van der Waals surface area contributed by atoms with Crippen LogP contribution in [0.4, 0.5) is 5.69 Å². The Kier molecular flexibility index (Phi) is 5.05. The number of rotatable bonds is 5. The molecule has 0 bridgehead atoms. The maximum atomic E-state index is 11.1. The van der Waals surface area contributed by atoms with E-state index in [1.54, 1.807) is 0 Å². The molecular weight excluding hydrogens is 250 g/mol. The van der Waals surface area contributed by atoms with Crippen LogP contribution < -0.4 is 5.32 Å². The van der Waals surface area contributed by atoms with Crippen LogP contribution in [0.25, 0.3) is 0 Å². The Labute approximate surface area is 121 Å². The Bertz CT molecular complexity index is 441. The molecule has 1 saturated carbocycles. The van der Waals surface area contributed by atoms with Crippen LogP contribution in [0.1, 0.15) is 57.4 Å². The second kappa shape index (κ2) is 6.78. The normalized spacial score (nSPS) is 24.1. The lowest BCUT2D eigenvalue weighted by molar-refractivity contribution is -0.142. The van der Waals surface area contributed by atoms with Gasteiger partial charge in [-0.1, -0.05) is 32.4 Å². The van der Waals surface area contributed by atoms with Gasteiger partial charge in [-0.3, -0.25) is 4.79 Å². The van der Waals surface area contributed by atoms with Gasteiger partial charge in [0.2, 0.25) is 0 Å². The molecule has 1 aliphatic rings. The molecule has 2 rings (SSSR count). The molecule has 0 radical (unpaired) electrons. The molecule has 0 saturated heterocycles. The van der Waals surface area contributed by atoms with Gasteiger partial charge in [-0.05, 0) is 49.3 Å². The van der Waals surface area contributed by atoms with Crippen molar-refractivity contribution in [3.63, 3.8) is 0 Å². The van der Waals surface area contributed by atoms with E-state index in [1.165, 1.54) is 5.56 Å². The van der Waals surface area contributed by atoms with Gasteiger partial charge in [-0.25, -0.2) is 0 Å². The first-order chi connectivity index (χ1) is 9.60. The number of anilines is 1. The number of hydrogen-bond acceptors (Lipinski definition) is 2. The van der Waals surface area contributed by atoms with Crippen LogP contribution in [0.5, 0.6) is 0 Å². The molecule has 1 aromatic rings. The lowest BCUT2D eigenvalue weighted by atomic mass is 9.85. The van der Waals surface area contributed by atoms with Crippen molar-refractivity contribution in [3.05, 3.63) is 29.8 Å². The predicted molar refractivity (Wildman–Crippen MR) is 82.2 cm³/mol. The minimum absolute atomic E-state index is 0.180. The summed E-state index contributed by atoms with van der Waals surface area (Å²) in [6.07, 6.45) is 4.77. The van der Waals surface area contributed by atoms with Crippen LogP contribution in [-0.2, 0) is 4.79 Å². The highest BCUT2D eigenvalue weighted by atomic mass is 16.4. The molecule has 0 amide bonds. The van der Waals surface area contributed by atoms with Crippen LogP contribution in [0.2, 0.25) is 0 Å². The number of hydrogen-bond donors (Lipinski definition) is 2. The van der Waals surface area contributed by atoms with Gasteiger partial charge in [0.15, 0.2) is 0 Å². The van der Waals surface area contributed by atoms with E-state index in [0.29, 0.717) is 12.0 Å². The number of carboxylic acids is 1. The third-order valence-corrected chi connectivity index (χ3v) is 4.49. The maximum Gasteiger partial charge on any atom is 0.306 e. The van der Waals surface area contributed by atoms with Crippen molar-refractivity contribution in [1.29, 1.82) is 0 Å². The quantitative estimate of drug-likeness (QED) is 0.844. The first-order valence-corrected chi connectivity index (χ1v) is 7.69. The number of aliphatic carboxylic acids is 1. The number of carbonyl (C=O) groups is 1. The fraction of sp³-hybridized carbons (Fsp3) is 0.588. The van der Waals surface area contributed by atoms with Crippen molar-refractivity contribution in [2.45, 2.75) is 57.9 Å². The number of benzene rings is 1. The zero-order valence-corrected chi connectivity index (χ0v) is 12.4. The van der Waals surface area contributed by atoms with Crippen LogP contribution in [-0.4, -0.2) is 17.1 Å². The van der Waals surface area contributed by atoms with Crippen molar-refractivity contribution in [2.75, 3.05) is 5.32 Å². The van der Waals surface area contributed by atoms with Gasteiger partial charge in [-0.2, -0.15) is 0 Å². The maximum absolute atomic E-state index is 11.1. The molecule has 110 valence electrons. The van der Waals surface area contributed by atoms with E-state index in [4.69, 9.17) is 5.11 Å². The van der Waals surface area contributed by atoms with E-state index in [9.17, 15) is 4.79 Å². The lowest BCUT2D eigenvalue weighted by Gasteiger charge is -2.28. The molecule has 0 heterocycles. The second-order valence-electron chi connectivity index (χ2n) is 5.97. The Morgan fingerprint density at radius 2 is 2.05 bits per heavy atom. The smallest absolute Gasteiger partial charge is 0.306 e. The Morgan fingerprint density at radius 3 is 2.65 bits per heavy atom. The predicted octanol–water partition coefficient (Wildman–Crippen LogP) is 4.26. The highest BCUT2D eigenvalue weighted by Gasteiger charge is 2.26. The van der Waals surface area contributed by atoms with Crippen molar-refractivity contribution in [2.24, 2.45) is 5.92 Å². The molecule has 0 aliphatic heterocycles.